The van der Waals surface area contributed by atoms with Crippen LogP contribution in [0.3, 0.4) is 0 Å². The Morgan fingerprint density at radius 3 is 2.47 bits per heavy atom. The third kappa shape index (κ3) is 4.78. The van der Waals surface area contributed by atoms with Crippen LogP contribution >= 0.6 is 11.6 Å². The van der Waals surface area contributed by atoms with E-state index in [-0.39, 0.29) is 22.3 Å². The van der Waals surface area contributed by atoms with Gasteiger partial charge in [-0.05, 0) is 57.6 Å². The van der Waals surface area contributed by atoms with Crippen LogP contribution in [0.2, 0.25) is 5.02 Å². The molecule has 0 radical (unpaired) electrons. The van der Waals surface area contributed by atoms with Crippen molar-refractivity contribution >= 4 is 34.6 Å². The average Bonchev–Trinajstić information content (AvgIpc) is 3.10. The van der Waals surface area contributed by atoms with E-state index in [1.54, 1.807) is 40.7 Å². The molecule has 30 heavy (non-hydrogen) atoms. The normalized spacial score (nSPS) is 14.5. The maximum absolute atomic E-state index is 12.8. The van der Waals surface area contributed by atoms with E-state index in [1.165, 1.54) is 6.07 Å². The van der Waals surface area contributed by atoms with E-state index in [9.17, 15) is 14.4 Å². The maximum atomic E-state index is 12.8. The number of hydrogen-bond acceptors (Lipinski definition) is 6. The van der Waals surface area contributed by atoms with Crippen LogP contribution in [-0.2, 0) is 22.4 Å². The van der Waals surface area contributed by atoms with Crippen molar-refractivity contribution in [2.24, 2.45) is 5.92 Å². The van der Waals surface area contributed by atoms with E-state index in [4.69, 9.17) is 25.5 Å². The summed E-state index contributed by atoms with van der Waals surface area (Å²) in [5, 5.41) is 3.51. The molecule has 0 saturated carbocycles. The topological polar surface area (TPSA) is 94.8 Å². The van der Waals surface area contributed by atoms with Gasteiger partial charge >= 0.3 is 17.7 Å². The number of aryl methyl sites for hydroxylation is 1. The SMILES string of the molecule is CC(C)[C@H](NC(=O)OC(C)(C)C)C(=O)Oc1cc2oc(=O)c3c(c2cc1Cl)CCC3. The van der Waals surface area contributed by atoms with Crippen molar-refractivity contribution in [2.75, 3.05) is 0 Å². The molecular formula is C22H26ClNO6. The molecule has 1 aliphatic carbocycles. The van der Waals surface area contributed by atoms with E-state index in [1.807, 2.05) is 0 Å². The molecule has 0 bridgehead atoms. The highest BCUT2D eigenvalue weighted by Gasteiger charge is 2.29. The average molecular weight is 436 g/mol. The van der Waals surface area contributed by atoms with Crippen molar-refractivity contribution in [3.63, 3.8) is 0 Å². The number of hydrogen-bond donors (Lipinski definition) is 1. The molecule has 3 rings (SSSR count). The Morgan fingerprint density at radius 1 is 1.17 bits per heavy atom. The second-order valence-corrected chi connectivity index (χ2v) is 9.18. The number of amides is 1. The lowest BCUT2D eigenvalue weighted by atomic mass is 10.0. The lowest BCUT2D eigenvalue weighted by Gasteiger charge is -2.24. The lowest BCUT2D eigenvalue weighted by Crippen LogP contribution is -2.48. The summed E-state index contributed by atoms with van der Waals surface area (Å²) < 4.78 is 16.1. The molecule has 1 heterocycles. The fourth-order valence-electron chi connectivity index (χ4n) is 3.47. The van der Waals surface area contributed by atoms with Crippen LogP contribution in [0.25, 0.3) is 11.0 Å². The fourth-order valence-corrected chi connectivity index (χ4v) is 3.67. The third-order valence-electron chi connectivity index (χ3n) is 4.83. The molecule has 1 amide bonds. The van der Waals surface area contributed by atoms with E-state index < -0.39 is 23.7 Å². The highest BCUT2D eigenvalue weighted by molar-refractivity contribution is 6.33. The van der Waals surface area contributed by atoms with E-state index in [0.717, 1.165) is 23.8 Å². The number of nitrogens with one attached hydrogen (secondary N) is 1. The van der Waals surface area contributed by atoms with Gasteiger partial charge in [0.15, 0.2) is 5.75 Å². The Labute approximate surface area is 179 Å². The van der Waals surface area contributed by atoms with Crippen LogP contribution in [0.4, 0.5) is 4.79 Å². The minimum absolute atomic E-state index is 0.0619. The molecule has 1 atom stereocenters. The van der Waals surface area contributed by atoms with Gasteiger partial charge in [0, 0.05) is 17.0 Å². The van der Waals surface area contributed by atoms with Gasteiger partial charge in [0.05, 0.1) is 5.02 Å². The molecular weight excluding hydrogens is 410 g/mol. The summed E-state index contributed by atoms with van der Waals surface area (Å²) in [5.41, 5.74) is 0.863. The van der Waals surface area contributed by atoms with Gasteiger partial charge in [-0.1, -0.05) is 25.4 Å². The summed E-state index contributed by atoms with van der Waals surface area (Å²) in [4.78, 5) is 37.1. The number of fused-ring (bicyclic) bond motifs is 3. The summed E-state index contributed by atoms with van der Waals surface area (Å²) in [6.07, 6.45) is 1.64. The molecule has 8 heteroatoms. The largest absolute Gasteiger partial charge is 0.444 e. The zero-order valence-electron chi connectivity index (χ0n) is 17.8. The second kappa shape index (κ2) is 8.30. The molecule has 1 aromatic heterocycles. The van der Waals surface area contributed by atoms with Gasteiger partial charge in [0.25, 0.3) is 0 Å². The van der Waals surface area contributed by atoms with Gasteiger partial charge in [-0.25, -0.2) is 14.4 Å². The van der Waals surface area contributed by atoms with Crippen LogP contribution in [-0.4, -0.2) is 23.7 Å². The number of halogens is 1. The minimum atomic E-state index is -0.946. The van der Waals surface area contributed by atoms with Crippen LogP contribution < -0.4 is 15.7 Å². The first-order valence-corrected chi connectivity index (χ1v) is 10.3. The second-order valence-electron chi connectivity index (χ2n) is 8.77. The van der Waals surface area contributed by atoms with Crippen molar-refractivity contribution in [3.05, 3.63) is 38.7 Å². The Bertz CT molecular complexity index is 1050. The van der Waals surface area contributed by atoms with Crippen molar-refractivity contribution in [3.8, 4) is 5.75 Å². The summed E-state index contributed by atoms with van der Waals surface area (Å²) in [6, 6.07) is 2.15. The number of alkyl carbamates (subject to hydrolysis) is 1. The lowest BCUT2D eigenvalue weighted by molar-refractivity contribution is -0.137. The summed E-state index contributed by atoms with van der Waals surface area (Å²) in [5.74, 6) is -0.891. The molecule has 1 aromatic carbocycles. The number of ether oxygens (including phenoxy) is 2. The zero-order chi connectivity index (χ0) is 22.2. The number of esters is 1. The van der Waals surface area contributed by atoms with Crippen LogP contribution in [0, 0.1) is 5.92 Å². The molecule has 7 nitrogen and oxygen atoms in total. The Kier molecular flexibility index (Phi) is 6.13. The molecule has 0 saturated heterocycles. The molecule has 162 valence electrons. The van der Waals surface area contributed by atoms with Gasteiger partial charge < -0.3 is 19.2 Å². The summed E-state index contributed by atoms with van der Waals surface area (Å²) in [6.45, 7) is 8.74. The predicted octanol–water partition coefficient (Wildman–Crippen LogP) is 4.39. The quantitative estimate of drug-likeness (QED) is 0.434. The fraction of sp³-hybridized carbons (Fsp3) is 0.500. The van der Waals surface area contributed by atoms with Gasteiger partial charge in [0.1, 0.15) is 17.2 Å². The van der Waals surface area contributed by atoms with E-state index in [2.05, 4.69) is 5.32 Å². The van der Waals surface area contributed by atoms with Gasteiger partial charge in [-0.2, -0.15) is 0 Å². The van der Waals surface area contributed by atoms with Crippen LogP contribution in [0.15, 0.2) is 21.3 Å². The minimum Gasteiger partial charge on any atom is -0.444 e. The van der Waals surface area contributed by atoms with Crippen molar-refractivity contribution in [1.82, 2.24) is 5.32 Å². The third-order valence-corrected chi connectivity index (χ3v) is 5.12. The maximum Gasteiger partial charge on any atom is 0.408 e. The monoisotopic (exact) mass is 435 g/mol. The van der Waals surface area contributed by atoms with Crippen molar-refractivity contribution < 1.29 is 23.5 Å². The van der Waals surface area contributed by atoms with Gasteiger partial charge in [0.2, 0.25) is 0 Å². The number of benzene rings is 1. The first-order chi connectivity index (χ1) is 14.0. The predicted molar refractivity (Wildman–Crippen MR) is 113 cm³/mol. The first-order valence-electron chi connectivity index (χ1n) is 9.95. The molecule has 2 aromatic rings. The first kappa shape index (κ1) is 22.2. The highest BCUT2D eigenvalue weighted by Crippen LogP contribution is 2.35. The zero-order valence-corrected chi connectivity index (χ0v) is 18.5. The smallest absolute Gasteiger partial charge is 0.408 e. The highest BCUT2D eigenvalue weighted by atomic mass is 35.5. The number of rotatable bonds is 4. The molecule has 1 N–H and O–H groups in total. The summed E-state index contributed by atoms with van der Waals surface area (Å²) >= 11 is 6.36. The van der Waals surface area contributed by atoms with Gasteiger partial charge in [-0.3, -0.25) is 0 Å². The molecule has 0 aliphatic heterocycles. The van der Waals surface area contributed by atoms with E-state index >= 15 is 0 Å². The Hall–Kier alpha value is -2.54. The molecule has 0 spiro atoms. The van der Waals surface area contributed by atoms with Gasteiger partial charge in [-0.15, -0.1) is 0 Å². The number of carbonyl (C=O) groups excluding carboxylic acids is 2. The van der Waals surface area contributed by atoms with E-state index in [0.29, 0.717) is 17.6 Å². The van der Waals surface area contributed by atoms with Crippen molar-refractivity contribution in [2.45, 2.75) is 65.5 Å². The van der Waals surface area contributed by atoms with Crippen molar-refractivity contribution in [1.29, 1.82) is 0 Å². The molecule has 1 aliphatic rings. The van der Waals surface area contributed by atoms with Crippen LogP contribution in [0.5, 0.6) is 5.75 Å². The Balaban J connectivity index is 1.86. The van der Waals surface area contributed by atoms with Crippen LogP contribution in [0.1, 0.15) is 52.2 Å². The standard InChI is InChI=1S/C22H26ClNO6/c1-11(2)18(24-21(27)30-22(3,4)5)20(26)29-17-10-16-14(9-15(17)23)12-7-6-8-13(12)19(25)28-16/h9-11,18H,6-8H2,1-5H3,(H,24,27)/t18-/m0/s1. The number of carbonyl (C=O) groups is 2. The summed E-state index contributed by atoms with van der Waals surface area (Å²) in [7, 11) is 0. The molecule has 0 fully saturated rings. The molecule has 0 unspecified atom stereocenters. The Morgan fingerprint density at radius 2 is 1.83 bits per heavy atom.